The third kappa shape index (κ3) is 5.87. The van der Waals surface area contributed by atoms with Crippen molar-refractivity contribution in [1.29, 1.82) is 0 Å². The Morgan fingerprint density at radius 1 is 1.32 bits per heavy atom. The number of halogens is 3. The third-order valence-electron chi connectivity index (χ3n) is 4.53. The summed E-state index contributed by atoms with van der Waals surface area (Å²) in [6.45, 7) is 4.21. The number of alkyl halides is 3. The number of rotatable bonds is 5. The minimum Gasteiger partial charge on any atom is -0.406 e. The first-order chi connectivity index (χ1) is 13.3. The molecule has 5 nitrogen and oxygen atoms in total. The number of hydrogen-bond acceptors (Lipinski definition) is 4. The smallest absolute Gasteiger partial charge is 0.406 e. The van der Waals surface area contributed by atoms with Gasteiger partial charge >= 0.3 is 6.36 Å². The number of piperidine rings is 1. The molecule has 1 aromatic carbocycles. The Morgan fingerprint density at radius 3 is 2.82 bits per heavy atom. The Labute approximate surface area is 161 Å². The Morgan fingerprint density at radius 2 is 2.14 bits per heavy atom. The standard InChI is InChI=1S/C20H22F3N3O2/c1-14-4-3-9-26(13-14)16-7-8-18(24-12-16)25-19(27)11-15-5-2-6-17(10-15)28-20(21,22)23/h2,5-8,10,12,14H,3-4,9,11,13H2,1H3,(H,24,25,27). The molecule has 2 aromatic rings. The number of nitrogens with zero attached hydrogens (tertiary/aromatic N) is 2. The molecular weight excluding hydrogens is 371 g/mol. The zero-order chi connectivity index (χ0) is 20.1. The van der Waals surface area contributed by atoms with Crippen molar-refractivity contribution in [3.8, 4) is 5.75 Å². The number of hydrogen-bond donors (Lipinski definition) is 1. The van der Waals surface area contributed by atoms with E-state index in [9.17, 15) is 18.0 Å². The first-order valence-corrected chi connectivity index (χ1v) is 9.14. The van der Waals surface area contributed by atoms with Gasteiger partial charge in [-0.25, -0.2) is 4.98 Å². The second-order valence-corrected chi connectivity index (χ2v) is 7.02. The Kier molecular flexibility index (Phi) is 6.06. The van der Waals surface area contributed by atoms with Crippen LogP contribution in [-0.4, -0.2) is 30.3 Å². The molecule has 1 N–H and O–H groups in total. The number of amides is 1. The zero-order valence-corrected chi connectivity index (χ0v) is 15.5. The normalized spacial score (nSPS) is 17.3. The molecule has 0 spiro atoms. The lowest BCUT2D eigenvalue weighted by molar-refractivity contribution is -0.274. The summed E-state index contributed by atoms with van der Waals surface area (Å²) in [5, 5.41) is 2.67. The van der Waals surface area contributed by atoms with E-state index in [1.165, 1.54) is 24.6 Å². The van der Waals surface area contributed by atoms with Crippen LogP contribution in [0.1, 0.15) is 25.3 Å². The molecule has 1 aliphatic heterocycles. The summed E-state index contributed by atoms with van der Waals surface area (Å²) in [7, 11) is 0. The molecule has 150 valence electrons. The van der Waals surface area contributed by atoms with Crippen LogP contribution in [0.25, 0.3) is 0 Å². The minimum absolute atomic E-state index is 0.0812. The van der Waals surface area contributed by atoms with Crippen molar-refractivity contribution in [1.82, 2.24) is 4.98 Å². The van der Waals surface area contributed by atoms with E-state index in [2.05, 4.69) is 26.9 Å². The molecule has 1 amide bonds. The van der Waals surface area contributed by atoms with E-state index in [0.29, 0.717) is 17.3 Å². The number of carbonyl (C=O) groups excluding carboxylic acids is 1. The number of aromatic nitrogens is 1. The van der Waals surface area contributed by atoms with Crippen molar-refractivity contribution in [2.45, 2.75) is 32.5 Å². The molecule has 28 heavy (non-hydrogen) atoms. The number of ether oxygens (including phenoxy) is 1. The highest BCUT2D eigenvalue weighted by Gasteiger charge is 2.31. The highest BCUT2D eigenvalue weighted by molar-refractivity contribution is 5.91. The van der Waals surface area contributed by atoms with Gasteiger partial charge in [0.1, 0.15) is 11.6 Å². The fourth-order valence-electron chi connectivity index (χ4n) is 3.30. The summed E-state index contributed by atoms with van der Waals surface area (Å²) < 4.78 is 40.8. The molecule has 0 aliphatic carbocycles. The maximum Gasteiger partial charge on any atom is 0.573 e. The number of anilines is 2. The number of nitrogens with one attached hydrogen (secondary N) is 1. The van der Waals surface area contributed by atoms with E-state index in [-0.39, 0.29) is 18.1 Å². The fraction of sp³-hybridized carbons (Fsp3) is 0.400. The topological polar surface area (TPSA) is 54.5 Å². The lowest BCUT2D eigenvalue weighted by Crippen LogP contribution is -2.34. The Balaban J connectivity index is 1.57. The summed E-state index contributed by atoms with van der Waals surface area (Å²) in [4.78, 5) is 18.7. The summed E-state index contributed by atoms with van der Waals surface area (Å²) in [5.41, 5.74) is 1.43. The molecule has 2 heterocycles. The van der Waals surface area contributed by atoms with E-state index in [0.717, 1.165) is 25.2 Å². The van der Waals surface area contributed by atoms with Gasteiger partial charge in [0.25, 0.3) is 0 Å². The molecule has 1 saturated heterocycles. The largest absolute Gasteiger partial charge is 0.573 e. The van der Waals surface area contributed by atoms with Crippen LogP contribution in [0.3, 0.4) is 0 Å². The van der Waals surface area contributed by atoms with Crippen molar-refractivity contribution < 1.29 is 22.7 Å². The number of benzene rings is 1. The van der Waals surface area contributed by atoms with E-state index < -0.39 is 6.36 Å². The van der Waals surface area contributed by atoms with Gasteiger partial charge in [-0.05, 0) is 48.6 Å². The van der Waals surface area contributed by atoms with Crippen LogP contribution in [0.2, 0.25) is 0 Å². The first kappa shape index (κ1) is 20.0. The van der Waals surface area contributed by atoms with Gasteiger partial charge in [-0.1, -0.05) is 19.1 Å². The maximum atomic E-state index is 12.3. The van der Waals surface area contributed by atoms with Gasteiger partial charge < -0.3 is 15.0 Å². The predicted molar refractivity (Wildman–Crippen MR) is 100 cm³/mol. The Bertz CT molecular complexity index is 809. The highest BCUT2D eigenvalue weighted by atomic mass is 19.4. The fourth-order valence-corrected chi connectivity index (χ4v) is 3.30. The van der Waals surface area contributed by atoms with Crippen LogP contribution in [0.4, 0.5) is 24.7 Å². The van der Waals surface area contributed by atoms with E-state index in [4.69, 9.17) is 0 Å². The molecule has 0 saturated carbocycles. The zero-order valence-electron chi connectivity index (χ0n) is 15.5. The monoisotopic (exact) mass is 393 g/mol. The first-order valence-electron chi connectivity index (χ1n) is 9.14. The van der Waals surface area contributed by atoms with E-state index >= 15 is 0 Å². The van der Waals surface area contributed by atoms with Crippen LogP contribution >= 0.6 is 0 Å². The lowest BCUT2D eigenvalue weighted by Gasteiger charge is -2.32. The average Bonchev–Trinajstić information content (AvgIpc) is 2.61. The molecule has 3 rings (SSSR count). The van der Waals surface area contributed by atoms with Gasteiger partial charge in [0.05, 0.1) is 18.3 Å². The van der Waals surface area contributed by atoms with Crippen LogP contribution in [-0.2, 0) is 11.2 Å². The minimum atomic E-state index is -4.77. The average molecular weight is 393 g/mol. The van der Waals surface area contributed by atoms with E-state index in [1.54, 1.807) is 18.3 Å². The molecule has 1 unspecified atom stereocenters. The van der Waals surface area contributed by atoms with Gasteiger partial charge in [-0.15, -0.1) is 13.2 Å². The molecule has 1 aliphatic rings. The predicted octanol–water partition coefficient (Wildman–Crippen LogP) is 4.40. The third-order valence-corrected chi connectivity index (χ3v) is 4.53. The van der Waals surface area contributed by atoms with Crippen molar-refractivity contribution in [2.24, 2.45) is 5.92 Å². The van der Waals surface area contributed by atoms with Crippen LogP contribution in [0.15, 0.2) is 42.6 Å². The molecular formula is C20H22F3N3O2. The molecule has 1 atom stereocenters. The molecule has 1 aromatic heterocycles. The maximum absolute atomic E-state index is 12.3. The molecule has 1 fully saturated rings. The van der Waals surface area contributed by atoms with E-state index in [1.807, 2.05) is 6.07 Å². The van der Waals surface area contributed by atoms with Gasteiger partial charge in [0.2, 0.25) is 5.91 Å². The van der Waals surface area contributed by atoms with Crippen molar-refractivity contribution in [3.05, 3.63) is 48.2 Å². The van der Waals surface area contributed by atoms with Crippen LogP contribution in [0.5, 0.6) is 5.75 Å². The van der Waals surface area contributed by atoms with Crippen LogP contribution in [0, 0.1) is 5.92 Å². The van der Waals surface area contributed by atoms with Crippen molar-refractivity contribution in [3.63, 3.8) is 0 Å². The summed E-state index contributed by atoms with van der Waals surface area (Å²) in [5.74, 6) is 0.332. The molecule has 0 bridgehead atoms. The van der Waals surface area contributed by atoms with Crippen LogP contribution < -0.4 is 15.0 Å². The number of pyridine rings is 1. The van der Waals surface area contributed by atoms with Gasteiger partial charge in [-0.2, -0.15) is 0 Å². The van der Waals surface area contributed by atoms with Crippen molar-refractivity contribution in [2.75, 3.05) is 23.3 Å². The quantitative estimate of drug-likeness (QED) is 0.818. The summed E-state index contributed by atoms with van der Waals surface area (Å²) >= 11 is 0. The van der Waals surface area contributed by atoms with Gasteiger partial charge in [0, 0.05) is 13.1 Å². The van der Waals surface area contributed by atoms with Gasteiger partial charge in [0.15, 0.2) is 0 Å². The number of carbonyl (C=O) groups is 1. The summed E-state index contributed by atoms with van der Waals surface area (Å²) in [6.07, 6.45) is -0.740. The summed E-state index contributed by atoms with van der Waals surface area (Å²) in [6, 6.07) is 9.01. The van der Waals surface area contributed by atoms with Gasteiger partial charge in [-0.3, -0.25) is 4.79 Å². The second-order valence-electron chi connectivity index (χ2n) is 7.02. The molecule has 8 heteroatoms. The SMILES string of the molecule is CC1CCCN(c2ccc(NC(=O)Cc3cccc(OC(F)(F)F)c3)nc2)C1. The Hall–Kier alpha value is -2.77. The lowest BCUT2D eigenvalue weighted by atomic mass is 10.00. The highest BCUT2D eigenvalue weighted by Crippen LogP contribution is 2.24. The molecule has 0 radical (unpaired) electrons. The second kappa shape index (κ2) is 8.50. The van der Waals surface area contributed by atoms with Crippen molar-refractivity contribution >= 4 is 17.4 Å².